The SMILES string of the molecule is C=CCOc1ccc2ccccc2c1/C=C1\C(=O)NC(=O)N(c2ccc(C)cc2C)C1=O. The number of nitrogens with one attached hydrogen (secondary N) is 1. The first-order valence-corrected chi connectivity index (χ1v) is 10.1. The molecule has 3 aromatic carbocycles. The fraction of sp³-hybridized carbons (Fsp3) is 0.115. The number of aryl methyl sites for hydroxylation is 2. The van der Waals surface area contributed by atoms with Gasteiger partial charge in [-0.15, -0.1) is 0 Å². The molecule has 1 aliphatic heterocycles. The summed E-state index contributed by atoms with van der Waals surface area (Å²) < 4.78 is 5.79. The van der Waals surface area contributed by atoms with E-state index in [1.807, 2.05) is 56.3 Å². The number of benzene rings is 3. The van der Waals surface area contributed by atoms with Crippen molar-refractivity contribution in [2.75, 3.05) is 11.5 Å². The first-order valence-electron chi connectivity index (χ1n) is 10.1. The van der Waals surface area contributed by atoms with Gasteiger partial charge in [0.1, 0.15) is 17.9 Å². The highest BCUT2D eigenvalue weighted by atomic mass is 16.5. The zero-order chi connectivity index (χ0) is 22.8. The van der Waals surface area contributed by atoms with Crippen molar-refractivity contribution in [3.8, 4) is 5.75 Å². The van der Waals surface area contributed by atoms with Crippen LogP contribution in [-0.4, -0.2) is 24.5 Å². The number of amides is 4. The lowest BCUT2D eigenvalue weighted by Crippen LogP contribution is -2.54. The molecule has 4 amide bonds. The number of carbonyl (C=O) groups is 3. The highest BCUT2D eigenvalue weighted by molar-refractivity contribution is 6.39. The van der Waals surface area contributed by atoms with Gasteiger partial charge in [-0.1, -0.05) is 60.7 Å². The Labute approximate surface area is 185 Å². The normalized spacial score (nSPS) is 15.2. The summed E-state index contributed by atoms with van der Waals surface area (Å²) in [7, 11) is 0. The highest BCUT2D eigenvalue weighted by Gasteiger charge is 2.37. The molecule has 0 bridgehead atoms. The zero-order valence-electron chi connectivity index (χ0n) is 17.8. The van der Waals surface area contributed by atoms with Crippen molar-refractivity contribution in [3.05, 3.63) is 89.5 Å². The summed E-state index contributed by atoms with van der Waals surface area (Å²) in [6, 6.07) is 15.9. The molecule has 1 N–H and O–H groups in total. The standard InChI is InChI=1S/C26H22N2O4/c1-4-13-32-23-12-10-18-7-5-6-8-19(18)20(23)15-21-24(29)27-26(31)28(25(21)30)22-11-9-16(2)14-17(22)3/h4-12,14-15H,1,13H2,2-3H3,(H,27,29,31)/b21-15+. The van der Waals surface area contributed by atoms with Gasteiger partial charge in [0.2, 0.25) is 0 Å². The maximum atomic E-state index is 13.4. The van der Waals surface area contributed by atoms with Crippen molar-refractivity contribution in [1.29, 1.82) is 0 Å². The van der Waals surface area contributed by atoms with Gasteiger partial charge in [0.05, 0.1) is 5.69 Å². The van der Waals surface area contributed by atoms with Crippen LogP contribution in [0.4, 0.5) is 10.5 Å². The van der Waals surface area contributed by atoms with Crippen LogP contribution in [0.5, 0.6) is 5.75 Å². The van der Waals surface area contributed by atoms with Crippen molar-refractivity contribution in [3.63, 3.8) is 0 Å². The number of nitrogens with zero attached hydrogens (tertiary/aromatic N) is 1. The molecule has 0 aliphatic carbocycles. The van der Waals surface area contributed by atoms with Crippen LogP contribution < -0.4 is 15.0 Å². The third-order valence-electron chi connectivity index (χ3n) is 5.27. The highest BCUT2D eigenvalue weighted by Crippen LogP contribution is 2.32. The van der Waals surface area contributed by atoms with E-state index in [-0.39, 0.29) is 12.2 Å². The Bertz CT molecular complexity index is 1310. The maximum Gasteiger partial charge on any atom is 0.335 e. The van der Waals surface area contributed by atoms with Gasteiger partial charge in [0.15, 0.2) is 0 Å². The first kappa shape index (κ1) is 21.1. The Balaban J connectivity index is 1.87. The lowest BCUT2D eigenvalue weighted by molar-refractivity contribution is -0.122. The molecule has 32 heavy (non-hydrogen) atoms. The summed E-state index contributed by atoms with van der Waals surface area (Å²) in [6.07, 6.45) is 3.10. The minimum absolute atomic E-state index is 0.149. The van der Waals surface area contributed by atoms with Crippen molar-refractivity contribution in [2.45, 2.75) is 13.8 Å². The first-order chi connectivity index (χ1) is 15.4. The van der Waals surface area contributed by atoms with E-state index >= 15 is 0 Å². The predicted molar refractivity (Wildman–Crippen MR) is 125 cm³/mol. The van der Waals surface area contributed by atoms with E-state index in [1.165, 1.54) is 6.08 Å². The van der Waals surface area contributed by atoms with Crippen LogP contribution in [-0.2, 0) is 9.59 Å². The van der Waals surface area contributed by atoms with Gasteiger partial charge in [-0.3, -0.25) is 14.9 Å². The van der Waals surface area contributed by atoms with Crippen molar-refractivity contribution in [1.82, 2.24) is 5.32 Å². The molecule has 6 nitrogen and oxygen atoms in total. The Hall–Kier alpha value is -4.19. The number of hydrogen-bond acceptors (Lipinski definition) is 4. The van der Waals surface area contributed by atoms with Crippen LogP contribution in [0.25, 0.3) is 16.8 Å². The Morgan fingerprint density at radius 1 is 1.03 bits per heavy atom. The van der Waals surface area contributed by atoms with E-state index in [0.717, 1.165) is 26.8 Å². The van der Waals surface area contributed by atoms with Gasteiger partial charge in [-0.25, -0.2) is 9.69 Å². The fourth-order valence-corrected chi connectivity index (χ4v) is 3.78. The predicted octanol–water partition coefficient (Wildman–Crippen LogP) is 4.69. The third kappa shape index (κ3) is 3.78. The van der Waals surface area contributed by atoms with Crippen LogP contribution >= 0.6 is 0 Å². The number of imide groups is 2. The molecule has 0 atom stereocenters. The van der Waals surface area contributed by atoms with Gasteiger partial charge < -0.3 is 4.74 Å². The van der Waals surface area contributed by atoms with Crippen LogP contribution in [0.2, 0.25) is 0 Å². The molecular weight excluding hydrogens is 404 g/mol. The second-order valence-electron chi connectivity index (χ2n) is 7.55. The summed E-state index contributed by atoms with van der Waals surface area (Å²) >= 11 is 0. The molecule has 3 aromatic rings. The van der Waals surface area contributed by atoms with E-state index in [9.17, 15) is 14.4 Å². The Morgan fingerprint density at radius 3 is 2.56 bits per heavy atom. The van der Waals surface area contributed by atoms with Gasteiger partial charge in [-0.05, 0) is 48.4 Å². The maximum absolute atomic E-state index is 13.4. The summed E-state index contributed by atoms with van der Waals surface area (Å²) in [5, 5.41) is 4.03. The molecule has 1 fully saturated rings. The van der Waals surface area contributed by atoms with E-state index in [2.05, 4.69) is 11.9 Å². The molecule has 0 aromatic heterocycles. The minimum atomic E-state index is -0.773. The summed E-state index contributed by atoms with van der Waals surface area (Å²) in [5.41, 5.74) is 2.62. The number of fused-ring (bicyclic) bond motifs is 1. The Morgan fingerprint density at radius 2 is 1.81 bits per heavy atom. The number of barbiturate groups is 1. The molecule has 4 rings (SSSR count). The summed E-state index contributed by atoms with van der Waals surface area (Å²) in [4.78, 5) is 39.6. The number of hydrogen-bond donors (Lipinski definition) is 1. The third-order valence-corrected chi connectivity index (χ3v) is 5.27. The van der Waals surface area contributed by atoms with Crippen LogP contribution in [0.3, 0.4) is 0 Å². The van der Waals surface area contributed by atoms with E-state index in [1.54, 1.807) is 18.2 Å². The second-order valence-corrected chi connectivity index (χ2v) is 7.55. The second kappa shape index (κ2) is 8.51. The number of urea groups is 1. The largest absolute Gasteiger partial charge is 0.489 e. The molecule has 0 unspecified atom stereocenters. The van der Waals surface area contributed by atoms with E-state index < -0.39 is 17.8 Å². The number of carbonyl (C=O) groups excluding carboxylic acids is 3. The molecular formula is C26H22N2O4. The van der Waals surface area contributed by atoms with Crippen LogP contribution in [0.1, 0.15) is 16.7 Å². The Kier molecular flexibility index (Phi) is 5.60. The minimum Gasteiger partial charge on any atom is -0.489 e. The molecule has 1 heterocycles. The van der Waals surface area contributed by atoms with E-state index in [0.29, 0.717) is 17.0 Å². The number of anilines is 1. The smallest absolute Gasteiger partial charge is 0.335 e. The van der Waals surface area contributed by atoms with Crippen molar-refractivity contribution in [2.24, 2.45) is 0 Å². The van der Waals surface area contributed by atoms with E-state index in [4.69, 9.17) is 4.74 Å². The molecule has 160 valence electrons. The van der Waals surface area contributed by atoms with Gasteiger partial charge in [0, 0.05) is 5.56 Å². The summed E-state index contributed by atoms with van der Waals surface area (Å²) in [6.45, 7) is 7.68. The average molecular weight is 426 g/mol. The van der Waals surface area contributed by atoms with Crippen LogP contribution in [0, 0.1) is 13.8 Å². The van der Waals surface area contributed by atoms with Gasteiger partial charge >= 0.3 is 6.03 Å². The fourth-order valence-electron chi connectivity index (χ4n) is 3.78. The zero-order valence-corrected chi connectivity index (χ0v) is 17.8. The van der Waals surface area contributed by atoms with Gasteiger partial charge in [0.25, 0.3) is 11.8 Å². The lowest BCUT2D eigenvalue weighted by atomic mass is 9.99. The number of rotatable bonds is 5. The topological polar surface area (TPSA) is 75.7 Å². The van der Waals surface area contributed by atoms with Crippen molar-refractivity contribution >= 4 is 40.4 Å². The molecule has 1 saturated heterocycles. The molecule has 0 saturated carbocycles. The number of ether oxygens (including phenoxy) is 1. The molecule has 0 radical (unpaired) electrons. The lowest BCUT2D eigenvalue weighted by Gasteiger charge is -2.28. The average Bonchev–Trinajstić information content (AvgIpc) is 2.76. The molecule has 0 spiro atoms. The van der Waals surface area contributed by atoms with Crippen molar-refractivity contribution < 1.29 is 19.1 Å². The molecule has 6 heteroatoms. The molecule has 1 aliphatic rings. The monoisotopic (exact) mass is 426 g/mol. The van der Waals surface area contributed by atoms with Crippen LogP contribution in [0.15, 0.2) is 72.8 Å². The van der Waals surface area contributed by atoms with Gasteiger partial charge in [-0.2, -0.15) is 0 Å². The quantitative estimate of drug-likeness (QED) is 0.365. The summed E-state index contributed by atoms with van der Waals surface area (Å²) in [5.74, 6) is -0.927.